The van der Waals surface area contributed by atoms with Gasteiger partial charge in [0, 0.05) is 23.6 Å². The predicted octanol–water partition coefficient (Wildman–Crippen LogP) is 4.36. The summed E-state index contributed by atoms with van der Waals surface area (Å²) in [6.45, 7) is 1.96. The highest BCUT2D eigenvalue weighted by molar-refractivity contribution is 7.09. The molecule has 0 fully saturated rings. The van der Waals surface area contributed by atoms with Crippen LogP contribution in [-0.4, -0.2) is 15.4 Å². The van der Waals surface area contributed by atoms with E-state index in [0.29, 0.717) is 4.80 Å². The number of hydrogen-bond acceptors (Lipinski definition) is 4. The van der Waals surface area contributed by atoms with Gasteiger partial charge in [-0.05, 0) is 24.6 Å². The number of rotatable bonds is 3. The Morgan fingerprint density at radius 2 is 1.92 bits per heavy atom. The van der Waals surface area contributed by atoms with Crippen LogP contribution in [0.5, 0.6) is 0 Å². The van der Waals surface area contributed by atoms with Crippen LogP contribution in [0.4, 0.5) is 5.69 Å². The lowest BCUT2D eigenvalue weighted by Crippen LogP contribution is -2.14. The van der Waals surface area contributed by atoms with E-state index in [-0.39, 0.29) is 16.3 Å². The van der Waals surface area contributed by atoms with E-state index in [4.69, 9.17) is 11.6 Å². The van der Waals surface area contributed by atoms with Crippen LogP contribution in [0.2, 0.25) is 5.02 Å². The SMILES string of the molecule is Cc1sc(=NC(=O)c2ccc(Cl)c([N+](=O)[O-])c2)n(C)c1-c1ccccc1. The molecular weight excluding hydrogens is 374 g/mol. The van der Waals surface area contributed by atoms with Crippen LogP contribution in [0.3, 0.4) is 0 Å². The Balaban J connectivity index is 2.05. The van der Waals surface area contributed by atoms with Crippen molar-refractivity contribution in [3.8, 4) is 11.3 Å². The molecule has 132 valence electrons. The van der Waals surface area contributed by atoms with Gasteiger partial charge in [-0.3, -0.25) is 14.9 Å². The Hall–Kier alpha value is -2.77. The van der Waals surface area contributed by atoms with Crippen LogP contribution >= 0.6 is 22.9 Å². The largest absolute Gasteiger partial charge is 0.319 e. The van der Waals surface area contributed by atoms with E-state index in [2.05, 4.69) is 4.99 Å². The van der Waals surface area contributed by atoms with E-state index in [0.717, 1.165) is 22.2 Å². The minimum absolute atomic E-state index is 0.0181. The molecule has 1 aromatic heterocycles. The van der Waals surface area contributed by atoms with Gasteiger partial charge in [0.2, 0.25) is 0 Å². The van der Waals surface area contributed by atoms with Gasteiger partial charge >= 0.3 is 0 Å². The number of nitro groups is 1. The minimum atomic E-state index is -0.623. The van der Waals surface area contributed by atoms with Gasteiger partial charge in [-0.2, -0.15) is 4.99 Å². The third-order valence-corrected chi connectivity index (χ3v) is 5.20. The Morgan fingerprint density at radius 1 is 1.23 bits per heavy atom. The summed E-state index contributed by atoms with van der Waals surface area (Å²) in [5, 5.41) is 11.0. The average Bonchev–Trinajstić information content (AvgIpc) is 2.89. The topological polar surface area (TPSA) is 77.5 Å². The first-order valence-electron chi connectivity index (χ1n) is 7.63. The van der Waals surface area contributed by atoms with Crippen molar-refractivity contribution in [1.29, 1.82) is 0 Å². The van der Waals surface area contributed by atoms with Crippen LogP contribution < -0.4 is 4.80 Å². The summed E-state index contributed by atoms with van der Waals surface area (Å²) in [6, 6.07) is 13.7. The Labute approximate surface area is 158 Å². The van der Waals surface area contributed by atoms with Gasteiger partial charge in [-0.1, -0.05) is 41.9 Å². The van der Waals surface area contributed by atoms with Crippen LogP contribution in [0.25, 0.3) is 11.3 Å². The summed E-state index contributed by atoms with van der Waals surface area (Å²) in [4.78, 5) is 28.5. The molecule has 3 rings (SSSR count). The van der Waals surface area contributed by atoms with Crippen molar-refractivity contribution >= 4 is 34.5 Å². The average molecular weight is 388 g/mol. The zero-order valence-corrected chi connectivity index (χ0v) is 15.5. The van der Waals surface area contributed by atoms with Gasteiger partial charge in [0.1, 0.15) is 5.02 Å². The number of carbonyl (C=O) groups excluding carboxylic acids is 1. The Morgan fingerprint density at radius 3 is 2.58 bits per heavy atom. The van der Waals surface area contributed by atoms with E-state index in [1.165, 1.54) is 23.5 Å². The number of halogens is 1. The first kappa shape index (κ1) is 18.0. The van der Waals surface area contributed by atoms with E-state index in [9.17, 15) is 14.9 Å². The fourth-order valence-electron chi connectivity index (χ4n) is 2.61. The molecule has 2 aromatic carbocycles. The van der Waals surface area contributed by atoms with Gasteiger partial charge in [0.25, 0.3) is 11.6 Å². The molecule has 0 unspecified atom stereocenters. The van der Waals surface area contributed by atoms with Crippen LogP contribution in [0.15, 0.2) is 53.5 Å². The molecule has 0 spiro atoms. The third-order valence-electron chi connectivity index (χ3n) is 3.83. The monoisotopic (exact) mass is 387 g/mol. The smallest absolute Gasteiger partial charge is 0.288 e. The maximum Gasteiger partial charge on any atom is 0.288 e. The molecule has 8 heteroatoms. The molecule has 0 aliphatic rings. The number of thiazole rings is 1. The molecule has 0 aliphatic carbocycles. The lowest BCUT2D eigenvalue weighted by Gasteiger charge is -2.04. The molecular formula is C18H14ClN3O3S. The molecule has 6 nitrogen and oxygen atoms in total. The molecule has 0 bridgehead atoms. The Kier molecular flexibility index (Phi) is 5.01. The second-order valence-electron chi connectivity index (χ2n) is 5.55. The molecule has 0 aliphatic heterocycles. The van der Waals surface area contributed by atoms with Gasteiger partial charge in [-0.15, -0.1) is 11.3 Å². The van der Waals surface area contributed by atoms with Crippen molar-refractivity contribution in [3.63, 3.8) is 0 Å². The van der Waals surface area contributed by atoms with E-state index in [1.807, 2.05) is 48.9 Å². The zero-order chi connectivity index (χ0) is 18.8. The first-order chi connectivity index (χ1) is 12.4. The second-order valence-corrected chi connectivity index (χ2v) is 7.14. The standard InChI is InChI=1S/C18H14ClN3O3S/c1-11-16(12-6-4-3-5-7-12)21(2)18(26-11)20-17(23)13-8-9-14(19)15(10-13)22(24)25/h3-10H,1-2H3. The summed E-state index contributed by atoms with van der Waals surface area (Å²) in [5.41, 5.74) is 1.81. The number of nitro benzene ring substituents is 1. The molecule has 3 aromatic rings. The lowest BCUT2D eigenvalue weighted by molar-refractivity contribution is -0.384. The van der Waals surface area contributed by atoms with Crippen molar-refractivity contribution in [3.05, 3.63) is 78.9 Å². The van der Waals surface area contributed by atoms with E-state index < -0.39 is 10.8 Å². The van der Waals surface area contributed by atoms with E-state index >= 15 is 0 Å². The summed E-state index contributed by atoms with van der Waals surface area (Å²) in [6.07, 6.45) is 0. The van der Waals surface area contributed by atoms with Crippen LogP contribution in [-0.2, 0) is 7.05 Å². The number of benzene rings is 2. The number of carbonyl (C=O) groups is 1. The number of aromatic nitrogens is 1. The van der Waals surface area contributed by atoms with Gasteiger partial charge in [0.15, 0.2) is 4.80 Å². The van der Waals surface area contributed by atoms with Crippen LogP contribution in [0, 0.1) is 17.0 Å². The highest BCUT2D eigenvalue weighted by Gasteiger charge is 2.17. The van der Waals surface area contributed by atoms with Gasteiger partial charge in [-0.25, -0.2) is 0 Å². The maximum atomic E-state index is 12.5. The van der Waals surface area contributed by atoms with E-state index in [1.54, 1.807) is 0 Å². The van der Waals surface area contributed by atoms with Crippen LogP contribution in [0.1, 0.15) is 15.2 Å². The lowest BCUT2D eigenvalue weighted by atomic mass is 10.1. The molecule has 0 saturated heterocycles. The highest BCUT2D eigenvalue weighted by Crippen LogP contribution is 2.26. The Bertz CT molecular complexity index is 1070. The van der Waals surface area contributed by atoms with Gasteiger partial charge in [0.05, 0.1) is 10.6 Å². The first-order valence-corrected chi connectivity index (χ1v) is 8.82. The molecule has 0 radical (unpaired) electrons. The molecule has 1 heterocycles. The molecule has 1 amide bonds. The number of amides is 1. The van der Waals surface area contributed by atoms with Crippen molar-refractivity contribution in [1.82, 2.24) is 4.57 Å². The number of hydrogen-bond donors (Lipinski definition) is 0. The minimum Gasteiger partial charge on any atom is -0.319 e. The zero-order valence-electron chi connectivity index (χ0n) is 14.0. The van der Waals surface area contributed by atoms with Gasteiger partial charge < -0.3 is 4.57 Å². The summed E-state index contributed by atoms with van der Waals surface area (Å²) in [5.74, 6) is -0.554. The molecule has 0 N–H and O–H groups in total. The quantitative estimate of drug-likeness (QED) is 0.494. The van der Waals surface area contributed by atoms with Crippen molar-refractivity contribution in [2.45, 2.75) is 6.92 Å². The molecule has 26 heavy (non-hydrogen) atoms. The number of aryl methyl sites for hydroxylation is 1. The predicted molar refractivity (Wildman–Crippen MR) is 101 cm³/mol. The fourth-order valence-corrected chi connectivity index (χ4v) is 3.78. The summed E-state index contributed by atoms with van der Waals surface area (Å²) < 4.78 is 1.84. The molecule has 0 saturated carbocycles. The van der Waals surface area contributed by atoms with Crippen molar-refractivity contribution < 1.29 is 9.72 Å². The highest BCUT2D eigenvalue weighted by atomic mass is 35.5. The maximum absolute atomic E-state index is 12.5. The summed E-state index contributed by atoms with van der Waals surface area (Å²) in [7, 11) is 1.84. The second kappa shape index (κ2) is 7.23. The van der Waals surface area contributed by atoms with Crippen molar-refractivity contribution in [2.75, 3.05) is 0 Å². The third kappa shape index (κ3) is 3.44. The normalized spacial score (nSPS) is 11.6. The fraction of sp³-hybridized carbons (Fsp3) is 0.111. The number of nitrogens with zero attached hydrogens (tertiary/aromatic N) is 3. The summed E-state index contributed by atoms with van der Waals surface area (Å²) >= 11 is 7.18. The van der Waals surface area contributed by atoms with Crippen molar-refractivity contribution in [2.24, 2.45) is 12.0 Å². The molecule has 0 atom stereocenters.